The van der Waals surface area contributed by atoms with Gasteiger partial charge >= 0.3 is 0 Å². The van der Waals surface area contributed by atoms with E-state index in [4.69, 9.17) is 5.73 Å². The predicted molar refractivity (Wildman–Crippen MR) is 102 cm³/mol. The van der Waals surface area contributed by atoms with Crippen LogP contribution in [0, 0.1) is 6.92 Å². The van der Waals surface area contributed by atoms with Gasteiger partial charge in [0.15, 0.2) is 0 Å². The minimum atomic E-state index is -0.252. The number of hydrogen-bond donors (Lipinski definition) is 3. The number of carbonyl (C=O) groups is 1. The van der Waals surface area contributed by atoms with E-state index in [-0.39, 0.29) is 11.3 Å². The Kier molecular flexibility index (Phi) is 4.73. The molecule has 2 aromatic heterocycles. The van der Waals surface area contributed by atoms with Crippen molar-refractivity contribution in [1.82, 2.24) is 20.4 Å². The zero-order valence-corrected chi connectivity index (χ0v) is 15.6. The number of nitrogens with two attached hydrogens (primary N) is 1. The number of nitrogens with one attached hydrogen (secondary N) is 2. The zero-order valence-electron chi connectivity index (χ0n) is 15.6. The minimum absolute atomic E-state index is 0.0966. The maximum Gasteiger partial charge on any atom is 0.273 e. The number of amides is 1. The molecule has 136 valence electrons. The molecule has 2 aromatic rings. The molecule has 0 atom stereocenters. The van der Waals surface area contributed by atoms with Crippen molar-refractivity contribution in [2.45, 2.75) is 39.5 Å². The van der Waals surface area contributed by atoms with Crippen LogP contribution in [0.15, 0.2) is 29.3 Å². The molecule has 4 N–H and O–H groups in total. The van der Waals surface area contributed by atoms with E-state index in [1.54, 1.807) is 18.6 Å². The number of aromatic amines is 1. The van der Waals surface area contributed by atoms with Crippen LogP contribution in [0.25, 0.3) is 6.08 Å². The van der Waals surface area contributed by atoms with Crippen molar-refractivity contribution in [2.75, 3.05) is 6.54 Å². The van der Waals surface area contributed by atoms with Gasteiger partial charge in [-0.15, -0.1) is 0 Å². The first kappa shape index (κ1) is 18.0. The lowest BCUT2D eigenvalue weighted by Crippen LogP contribution is -2.17. The predicted octanol–water partition coefficient (Wildman–Crippen LogP) is 1.83. The molecule has 3 heterocycles. The quantitative estimate of drug-likeness (QED) is 0.729. The highest BCUT2D eigenvalue weighted by Crippen LogP contribution is 2.33. The third-order valence-electron chi connectivity index (χ3n) is 4.35. The van der Waals surface area contributed by atoms with Crippen molar-refractivity contribution in [3.8, 4) is 0 Å². The molecule has 7 nitrogen and oxygen atoms in total. The maximum atomic E-state index is 12.4. The van der Waals surface area contributed by atoms with Crippen LogP contribution in [-0.2, 0) is 16.6 Å². The largest absolute Gasteiger partial charge is 0.359 e. The maximum absolute atomic E-state index is 12.4. The monoisotopic (exact) mass is 352 g/mol. The molecule has 3 rings (SSSR count). The summed E-state index contributed by atoms with van der Waals surface area (Å²) in [6.45, 7) is 9.08. The number of rotatable bonds is 4. The topological polar surface area (TPSA) is 109 Å². The van der Waals surface area contributed by atoms with Crippen LogP contribution < -0.4 is 11.2 Å². The highest BCUT2D eigenvalue weighted by Gasteiger charge is 2.29. The number of hydrogen-bond acceptors (Lipinski definition) is 5. The number of aryl methyl sites for hydroxylation is 1. The van der Waals surface area contributed by atoms with E-state index in [1.807, 2.05) is 13.0 Å². The Hall–Kier alpha value is -2.80. The lowest BCUT2D eigenvalue weighted by atomic mass is 9.82. The molecule has 0 fully saturated rings. The Labute approximate surface area is 152 Å². The summed E-state index contributed by atoms with van der Waals surface area (Å²) in [4.78, 5) is 24.1. The zero-order chi connectivity index (χ0) is 18.9. The summed E-state index contributed by atoms with van der Waals surface area (Å²) in [5.74, 6) is -0.252. The fourth-order valence-electron chi connectivity index (χ4n) is 3.34. The average Bonchev–Trinajstić information content (AvgIpc) is 3.10. The average molecular weight is 352 g/mol. The van der Waals surface area contributed by atoms with Crippen LogP contribution in [0.3, 0.4) is 0 Å². The molecule has 0 spiro atoms. The molecular weight excluding hydrogens is 328 g/mol. The normalized spacial score (nSPS) is 16.1. The summed E-state index contributed by atoms with van der Waals surface area (Å²) in [5.41, 5.74) is 14.1. The van der Waals surface area contributed by atoms with Gasteiger partial charge < -0.3 is 10.7 Å². The number of hydrazone groups is 1. The summed E-state index contributed by atoms with van der Waals surface area (Å²) >= 11 is 0. The van der Waals surface area contributed by atoms with E-state index < -0.39 is 0 Å². The molecule has 26 heavy (non-hydrogen) atoms. The van der Waals surface area contributed by atoms with Crippen molar-refractivity contribution < 1.29 is 4.79 Å². The molecule has 0 saturated heterocycles. The smallest absolute Gasteiger partial charge is 0.273 e. The van der Waals surface area contributed by atoms with Gasteiger partial charge in [0.25, 0.3) is 5.91 Å². The number of nitrogens with zero attached hydrogens (tertiary/aromatic N) is 3. The summed E-state index contributed by atoms with van der Waals surface area (Å²) < 4.78 is 0. The Bertz CT molecular complexity index is 887. The van der Waals surface area contributed by atoms with Crippen LogP contribution in [0.1, 0.15) is 49.0 Å². The van der Waals surface area contributed by atoms with E-state index in [2.05, 4.69) is 46.3 Å². The van der Waals surface area contributed by atoms with Gasteiger partial charge in [-0.1, -0.05) is 20.8 Å². The molecule has 0 bridgehead atoms. The highest BCUT2D eigenvalue weighted by atomic mass is 16.2. The number of aromatic nitrogens is 3. The standard InChI is InChI=1S/C19H24N6O/c1-11-12(5-6-20)16(19(2,3)4)14(23-11)9-13-17(24-25-18(13)26)15-10-21-7-8-22-15/h7-10,23H,5-6,20H2,1-4H3,(H,25,26). The first-order chi connectivity index (χ1) is 12.3. The SMILES string of the molecule is Cc1[nH]c(C=C2C(=O)NN=C2c2cnccn2)c(C(C)(C)C)c1CCN. The van der Waals surface area contributed by atoms with E-state index in [0.29, 0.717) is 23.5 Å². The van der Waals surface area contributed by atoms with Gasteiger partial charge in [-0.05, 0) is 42.5 Å². The Morgan fingerprint density at radius 3 is 2.65 bits per heavy atom. The van der Waals surface area contributed by atoms with Gasteiger partial charge in [-0.3, -0.25) is 14.8 Å². The highest BCUT2D eigenvalue weighted by molar-refractivity contribution is 6.32. The van der Waals surface area contributed by atoms with E-state index >= 15 is 0 Å². The molecule has 0 aromatic carbocycles. The fraction of sp³-hybridized carbons (Fsp3) is 0.368. The van der Waals surface area contributed by atoms with Gasteiger partial charge in [0.05, 0.1) is 11.8 Å². The van der Waals surface area contributed by atoms with Gasteiger partial charge in [0, 0.05) is 23.8 Å². The van der Waals surface area contributed by atoms with Crippen LogP contribution in [0.5, 0.6) is 0 Å². The molecule has 0 saturated carbocycles. The molecule has 1 aliphatic heterocycles. The lowest BCUT2D eigenvalue weighted by Gasteiger charge is -2.21. The third kappa shape index (κ3) is 3.30. The van der Waals surface area contributed by atoms with Gasteiger partial charge in [0.1, 0.15) is 11.4 Å². The second-order valence-corrected chi connectivity index (χ2v) is 7.36. The second-order valence-electron chi connectivity index (χ2n) is 7.36. The molecule has 0 aliphatic carbocycles. The lowest BCUT2D eigenvalue weighted by molar-refractivity contribution is -0.116. The van der Waals surface area contributed by atoms with Crippen molar-refractivity contribution in [1.29, 1.82) is 0 Å². The van der Waals surface area contributed by atoms with Crippen LogP contribution in [-0.4, -0.2) is 33.1 Å². The van der Waals surface area contributed by atoms with Crippen LogP contribution in [0.2, 0.25) is 0 Å². The van der Waals surface area contributed by atoms with E-state index in [0.717, 1.165) is 17.8 Å². The second kappa shape index (κ2) is 6.84. The summed E-state index contributed by atoms with van der Waals surface area (Å²) in [7, 11) is 0. The Morgan fingerprint density at radius 2 is 2.04 bits per heavy atom. The molecule has 1 aliphatic rings. The third-order valence-corrected chi connectivity index (χ3v) is 4.35. The first-order valence-electron chi connectivity index (χ1n) is 8.61. The molecule has 7 heteroatoms. The Balaban J connectivity index is 2.13. The van der Waals surface area contributed by atoms with E-state index in [9.17, 15) is 4.79 Å². The van der Waals surface area contributed by atoms with Gasteiger partial charge in [0.2, 0.25) is 0 Å². The van der Waals surface area contributed by atoms with Crippen molar-refractivity contribution >= 4 is 17.7 Å². The molecular formula is C19H24N6O. The van der Waals surface area contributed by atoms with Crippen molar-refractivity contribution in [3.63, 3.8) is 0 Å². The molecule has 1 amide bonds. The van der Waals surface area contributed by atoms with Gasteiger partial charge in [-0.25, -0.2) is 5.43 Å². The number of H-pyrrole nitrogens is 1. The summed E-state index contributed by atoms with van der Waals surface area (Å²) in [6, 6.07) is 0. The van der Waals surface area contributed by atoms with Crippen molar-refractivity contribution in [3.05, 3.63) is 52.4 Å². The minimum Gasteiger partial charge on any atom is -0.359 e. The fourth-order valence-corrected chi connectivity index (χ4v) is 3.34. The first-order valence-corrected chi connectivity index (χ1v) is 8.61. The molecule has 0 radical (unpaired) electrons. The summed E-state index contributed by atoms with van der Waals surface area (Å²) in [5, 5.41) is 4.13. The van der Waals surface area contributed by atoms with Crippen LogP contribution in [0.4, 0.5) is 0 Å². The van der Waals surface area contributed by atoms with Gasteiger partial charge in [-0.2, -0.15) is 5.10 Å². The van der Waals surface area contributed by atoms with Crippen LogP contribution >= 0.6 is 0 Å². The van der Waals surface area contributed by atoms with Crippen molar-refractivity contribution in [2.24, 2.45) is 10.8 Å². The molecule has 0 unspecified atom stereocenters. The number of carbonyl (C=O) groups excluding carboxylic acids is 1. The Morgan fingerprint density at radius 1 is 1.27 bits per heavy atom. The van der Waals surface area contributed by atoms with E-state index in [1.165, 1.54) is 11.1 Å². The summed E-state index contributed by atoms with van der Waals surface area (Å²) in [6.07, 6.45) is 7.40.